The second kappa shape index (κ2) is 8.50. The summed E-state index contributed by atoms with van der Waals surface area (Å²) in [7, 11) is -3.52. The Morgan fingerprint density at radius 2 is 1.81 bits per heavy atom. The molecule has 120 valence electrons. The van der Waals surface area contributed by atoms with Gasteiger partial charge in [0.1, 0.15) is 0 Å². The van der Waals surface area contributed by atoms with Gasteiger partial charge >= 0.3 is 0 Å². The van der Waals surface area contributed by atoms with Crippen LogP contribution in [0.15, 0.2) is 26.0 Å². The van der Waals surface area contributed by atoms with Crippen LogP contribution in [0.1, 0.15) is 39.5 Å². The van der Waals surface area contributed by atoms with Crippen LogP contribution in [0.3, 0.4) is 0 Å². The highest BCUT2D eigenvalue weighted by Crippen LogP contribution is 2.31. The van der Waals surface area contributed by atoms with E-state index in [-0.39, 0.29) is 4.90 Å². The van der Waals surface area contributed by atoms with Crippen LogP contribution in [0, 0.1) is 5.92 Å². The third kappa shape index (κ3) is 5.54. The number of hydrogen-bond donors (Lipinski definition) is 2. The summed E-state index contributed by atoms with van der Waals surface area (Å²) < 4.78 is 28.5. The van der Waals surface area contributed by atoms with E-state index >= 15 is 0 Å². The minimum Gasteiger partial charge on any atom is -0.397 e. The number of anilines is 1. The first kappa shape index (κ1) is 18.9. The van der Waals surface area contributed by atoms with E-state index < -0.39 is 10.0 Å². The normalized spacial score (nSPS) is 13.3. The third-order valence-electron chi connectivity index (χ3n) is 3.47. The van der Waals surface area contributed by atoms with Crippen molar-refractivity contribution in [3.8, 4) is 0 Å². The molecule has 1 unspecified atom stereocenters. The Morgan fingerprint density at radius 1 is 1.24 bits per heavy atom. The summed E-state index contributed by atoms with van der Waals surface area (Å²) in [6.07, 6.45) is 4.27. The molecule has 0 aromatic heterocycles. The van der Waals surface area contributed by atoms with Crippen molar-refractivity contribution in [3.63, 3.8) is 0 Å². The Bertz CT molecular complexity index is 553. The molecule has 0 saturated carbocycles. The van der Waals surface area contributed by atoms with Crippen molar-refractivity contribution >= 4 is 47.6 Å². The van der Waals surface area contributed by atoms with Gasteiger partial charge in [-0.1, -0.05) is 33.1 Å². The van der Waals surface area contributed by atoms with Gasteiger partial charge in [0.2, 0.25) is 10.0 Å². The van der Waals surface area contributed by atoms with Gasteiger partial charge in [0, 0.05) is 15.5 Å². The molecular weight excluding hydrogens is 420 g/mol. The second-order valence-corrected chi connectivity index (χ2v) is 8.54. The molecule has 0 aliphatic carbocycles. The molecule has 0 radical (unpaired) electrons. The van der Waals surface area contributed by atoms with E-state index in [1.165, 1.54) is 12.1 Å². The predicted molar refractivity (Wildman–Crippen MR) is 94.7 cm³/mol. The van der Waals surface area contributed by atoms with Crippen molar-refractivity contribution in [1.29, 1.82) is 0 Å². The lowest BCUT2D eigenvalue weighted by Crippen LogP contribution is -2.29. The zero-order chi connectivity index (χ0) is 16.0. The maximum absolute atomic E-state index is 12.3. The van der Waals surface area contributed by atoms with Crippen LogP contribution in [-0.2, 0) is 10.0 Å². The number of unbranched alkanes of at least 4 members (excludes halogenated alkanes) is 1. The van der Waals surface area contributed by atoms with Crippen molar-refractivity contribution in [3.05, 3.63) is 21.1 Å². The van der Waals surface area contributed by atoms with Crippen molar-refractivity contribution in [2.45, 2.75) is 44.4 Å². The molecule has 0 amide bonds. The van der Waals surface area contributed by atoms with Gasteiger partial charge in [0.05, 0.1) is 10.6 Å². The number of benzene rings is 1. The summed E-state index contributed by atoms with van der Waals surface area (Å²) in [4.78, 5) is 0.209. The molecule has 21 heavy (non-hydrogen) atoms. The molecule has 0 aliphatic heterocycles. The lowest BCUT2D eigenvalue weighted by atomic mass is 10.00. The van der Waals surface area contributed by atoms with Crippen LogP contribution < -0.4 is 10.5 Å². The van der Waals surface area contributed by atoms with Crippen LogP contribution in [0.25, 0.3) is 0 Å². The topological polar surface area (TPSA) is 72.2 Å². The van der Waals surface area contributed by atoms with Crippen LogP contribution in [0.5, 0.6) is 0 Å². The van der Waals surface area contributed by atoms with Crippen LogP contribution in [-0.4, -0.2) is 15.0 Å². The van der Waals surface area contributed by atoms with Gasteiger partial charge in [0.15, 0.2) is 0 Å². The lowest BCUT2D eigenvalue weighted by molar-refractivity contribution is 0.443. The second-order valence-electron chi connectivity index (χ2n) is 5.07. The molecular formula is C14H22Br2N2O2S. The van der Waals surface area contributed by atoms with Crippen molar-refractivity contribution in [1.82, 2.24) is 4.72 Å². The molecule has 0 spiro atoms. The monoisotopic (exact) mass is 440 g/mol. The number of nitrogen functional groups attached to an aromatic ring is 1. The molecule has 0 heterocycles. The summed E-state index contributed by atoms with van der Waals surface area (Å²) >= 11 is 6.54. The van der Waals surface area contributed by atoms with E-state index in [9.17, 15) is 8.42 Å². The fourth-order valence-electron chi connectivity index (χ4n) is 1.97. The average molecular weight is 442 g/mol. The summed E-state index contributed by atoms with van der Waals surface area (Å²) in [5.74, 6) is 0.375. The molecule has 0 saturated heterocycles. The molecule has 1 aromatic carbocycles. The first-order valence-corrected chi connectivity index (χ1v) is 10.1. The highest BCUT2D eigenvalue weighted by Gasteiger charge is 2.18. The molecule has 4 nitrogen and oxygen atoms in total. The van der Waals surface area contributed by atoms with E-state index in [2.05, 4.69) is 50.4 Å². The smallest absolute Gasteiger partial charge is 0.240 e. The molecule has 0 aliphatic rings. The van der Waals surface area contributed by atoms with Gasteiger partial charge in [0.25, 0.3) is 0 Å². The molecule has 7 heteroatoms. The fraction of sp³-hybridized carbons (Fsp3) is 0.571. The van der Waals surface area contributed by atoms with Gasteiger partial charge in [-0.2, -0.15) is 0 Å². The number of rotatable bonds is 8. The molecule has 3 N–H and O–H groups in total. The van der Waals surface area contributed by atoms with Gasteiger partial charge in [-0.15, -0.1) is 0 Å². The summed E-state index contributed by atoms with van der Waals surface area (Å²) in [5.41, 5.74) is 6.27. The summed E-state index contributed by atoms with van der Waals surface area (Å²) in [6.45, 7) is 4.70. The number of hydrogen-bond acceptors (Lipinski definition) is 3. The number of nitrogens with one attached hydrogen (secondary N) is 1. The third-order valence-corrected chi connectivity index (χ3v) is 6.18. The number of halogens is 2. The maximum Gasteiger partial charge on any atom is 0.240 e. The van der Waals surface area contributed by atoms with Crippen LogP contribution >= 0.6 is 31.9 Å². The molecule has 0 fully saturated rings. The highest BCUT2D eigenvalue weighted by atomic mass is 79.9. The Labute approximate surface area is 144 Å². The zero-order valence-electron chi connectivity index (χ0n) is 12.3. The van der Waals surface area contributed by atoms with Gasteiger partial charge in [-0.25, -0.2) is 13.1 Å². The maximum atomic E-state index is 12.3. The van der Waals surface area contributed by atoms with E-state index in [0.717, 1.165) is 25.7 Å². The minimum absolute atomic E-state index is 0.209. The summed E-state index contributed by atoms with van der Waals surface area (Å²) in [6, 6.07) is 3.05. The lowest BCUT2D eigenvalue weighted by Gasteiger charge is -2.16. The zero-order valence-corrected chi connectivity index (χ0v) is 16.3. The van der Waals surface area contributed by atoms with Crippen molar-refractivity contribution in [2.24, 2.45) is 5.92 Å². The largest absolute Gasteiger partial charge is 0.397 e. The Hall–Kier alpha value is -0.110. The van der Waals surface area contributed by atoms with Crippen LogP contribution in [0.2, 0.25) is 0 Å². The molecule has 0 bridgehead atoms. The number of nitrogens with two attached hydrogens (primary N) is 1. The quantitative estimate of drug-likeness (QED) is 0.591. The Balaban J connectivity index is 2.82. The molecule has 1 rings (SSSR count). The highest BCUT2D eigenvalue weighted by molar-refractivity contribution is 9.11. The standard InChI is InChI=1S/C14H22Br2N2O2S/c1-3-5-6-10(4-2)9-18-21(19,20)11-7-12(15)14(17)13(16)8-11/h7-8,10,18H,3-6,9,17H2,1-2H3. The van der Waals surface area contributed by atoms with Crippen molar-refractivity contribution in [2.75, 3.05) is 12.3 Å². The molecule has 1 atom stereocenters. The summed E-state index contributed by atoms with van der Waals surface area (Å²) in [5, 5.41) is 0. The van der Waals surface area contributed by atoms with E-state index in [0.29, 0.717) is 27.1 Å². The van der Waals surface area contributed by atoms with Crippen molar-refractivity contribution < 1.29 is 8.42 Å². The first-order valence-electron chi connectivity index (χ1n) is 7.06. The number of sulfonamides is 1. The van der Waals surface area contributed by atoms with Crippen LogP contribution in [0.4, 0.5) is 5.69 Å². The van der Waals surface area contributed by atoms with Gasteiger partial charge in [-0.05, 0) is 56.3 Å². The van der Waals surface area contributed by atoms with E-state index in [1.807, 2.05) is 0 Å². The fourth-order valence-corrected chi connectivity index (χ4v) is 4.63. The molecule has 1 aromatic rings. The van der Waals surface area contributed by atoms with E-state index in [4.69, 9.17) is 5.73 Å². The first-order chi connectivity index (χ1) is 9.81. The Kier molecular flexibility index (Phi) is 7.67. The Morgan fingerprint density at radius 3 is 2.29 bits per heavy atom. The average Bonchev–Trinajstić information content (AvgIpc) is 2.44. The van der Waals surface area contributed by atoms with E-state index in [1.54, 1.807) is 0 Å². The van der Waals surface area contributed by atoms with Gasteiger partial charge in [-0.3, -0.25) is 0 Å². The SMILES string of the molecule is CCCCC(CC)CNS(=O)(=O)c1cc(Br)c(N)c(Br)c1. The predicted octanol–water partition coefficient (Wildman–Crippen LogP) is 4.29. The minimum atomic E-state index is -3.52. The van der Waals surface area contributed by atoms with Gasteiger partial charge < -0.3 is 5.73 Å².